The molecule has 0 unspecified atom stereocenters. The van der Waals surface area contributed by atoms with Crippen molar-refractivity contribution in [1.29, 1.82) is 0 Å². The Bertz CT molecular complexity index is 908. The first-order valence-corrected chi connectivity index (χ1v) is 10.1. The SMILES string of the molecule is CC(C)CN(Cc1cccn1C)C(=O)CN(C(=O)Nc1ccc(F)cc1F)C1CC1. The molecule has 0 saturated heterocycles. The lowest BCUT2D eigenvalue weighted by molar-refractivity contribution is -0.133. The van der Waals surface area contributed by atoms with E-state index in [1.54, 1.807) is 4.90 Å². The first-order chi connectivity index (χ1) is 14.2. The average molecular weight is 418 g/mol. The fourth-order valence-electron chi connectivity index (χ4n) is 3.33. The molecule has 1 heterocycles. The summed E-state index contributed by atoms with van der Waals surface area (Å²) in [5.74, 6) is -1.46. The molecule has 1 aromatic carbocycles. The summed E-state index contributed by atoms with van der Waals surface area (Å²) in [6, 6.07) is 6.25. The highest BCUT2D eigenvalue weighted by atomic mass is 19.1. The zero-order valence-corrected chi connectivity index (χ0v) is 17.6. The minimum atomic E-state index is -0.851. The smallest absolute Gasteiger partial charge is 0.322 e. The molecule has 8 heteroatoms. The number of rotatable bonds is 8. The van der Waals surface area contributed by atoms with Gasteiger partial charge in [-0.25, -0.2) is 13.6 Å². The third-order valence-corrected chi connectivity index (χ3v) is 5.07. The van der Waals surface area contributed by atoms with Crippen molar-refractivity contribution < 1.29 is 18.4 Å². The Labute approximate surface area is 175 Å². The van der Waals surface area contributed by atoms with Crippen molar-refractivity contribution in [2.45, 2.75) is 39.3 Å². The van der Waals surface area contributed by atoms with E-state index in [0.29, 0.717) is 19.2 Å². The molecule has 3 rings (SSSR count). The Balaban J connectivity index is 1.71. The normalized spacial score (nSPS) is 13.4. The first-order valence-electron chi connectivity index (χ1n) is 10.1. The fraction of sp³-hybridized carbons (Fsp3) is 0.455. The zero-order valence-electron chi connectivity index (χ0n) is 17.6. The van der Waals surface area contributed by atoms with Gasteiger partial charge in [-0.15, -0.1) is 0 Å². The number of nitrogens with one attached hydrogen (secondary N) is 1. The zero-order chi connectivity index (χ0) is 21.8. The van der Waals surface area contributed by atoms with Crippen LogP contribution in [0.3, 0.4) is 0 Å². The Kier molecular flexibility index (Phi) is 6.74. The number of nitrogens with zero attached hydrogens (tertiary/aromatic N) is 3. The minimum absolute atomic E-state index is 0.0478. The molecule has 6 nitrogen and oxygen atoms in total. The molecular weight excluding hydrogens is 390 g/mol. The molecule has 1 aliphatic rings. The molecule has 3 amide bonds. The lowest BCUT2D eigenvalue weighted by atomic mass is 10.2. The summed E-state index contributed by atoms with van der Waals surface area (Å²) in [7, 11) is 1.93. The predicted molar refractivity (Wildman–Crippen MR) is 111 cm³/mol. The van der Waals surface area contributed by atoms with Crippen LogP contribution in [0.15, 0.2) is 36.5 Å². The van der Waals surface area contributed by atoms with E-state index in [4.69, 9.17) is 0 Å². The second kappa shape index (κ2) is 9.28. The molecule has 2 aromatic rings. The van der Waals surface area contributed by atoms with Crippen molar-refractivity contribution in [3.05, 3.63) is 53.9 Å². The topological polar surface area (TPSA) is 57.6 Å². The van der Waals surface area contributed by atoms with Gasteiger partial charge in [-0.1, -0.05) is 13.8 Å². The standard InChI is InChI=1S/C22H28F2N4O2/c1-15(2)12-27(13-18-5-4-10-26(18)3)21(29)14-28(17-7-8-17)22(30)25-20-9-6-16(23)11-19(20)24/h4-6,9-11,15,17H,7-8,12-14H2,1-3H3,(H,25,30). The maximum absolute atomic E-state index is 13.9. The minimum Gasteiger partial charge on any atom is -0.353 e. The molecule has 0 aliphatic heterocycles. The maximum Gasteiger partial charge on any atom is 0.322 e. The Morgan fingerprint density at radius 1 is 1.23 bits per heavy atom. The third kappa shape index (κ3) is 5.58. The summed E-state index contributed by atoms with van der Waals surface area (Å²) >= 11 is 0. The van der Waals surface area contributed by atoms with Gasteiger partial charge in [0.2, 0.25) is 5.91 Å². The molecule has 0 spiro atoms. The second-order valence-corrected chi connectivity index (χ2v) is 8.19. The summed E-state index contributed by atoms with van der Waals surface area (Å²) in [5.41, 5.74) is 0.891. The van der Waals surface area contributed by atoms with E-state index in [-0.39, 0.29) is 30.1 Å². The quantitative estimate of drug-likeness (QED) is 0.705. The second-order valence-electron chi connectivity index (χ2n) is 8.19. The predicted octanol–water partition coefficient (Wildman–Crippen LogP) is 3.98. The molecule has 0 bridgehead atoms. The van der Waals surface area contributed by atoms with E-state index >= 15 is 0 Å². The van der Waals surface area contributed by atoms with E-state index in [1.165, 1.54) is 11.0 Å². The lowest BCUT2D eigenvalue weighted by Gasteiger charge is -2.29. The molecule has 30 heavy (non-hydrogen) atoms. The summed E-state index contributed by atoms with van der Waals surface area (Å²) in [5, 5.41) is 2.47. The number of aryl methyl sites for hydroxylation is 1. The van der Waals surface area contributed by atoms with Crippen LogP contribution in [0.2, 0.25) is 0 Å². The number of hydrogen-bond acceptors (Lipinski definition) is 2. The van der Waals surface area contributed by atoms with Crippen LogP contribution in [-0.4, -0.2) is 45.4 Å². The molecule has 0 atom stereocenters. The summed E-state index contributed by atoms with van der Waals surface area (Å²) < 4.78 is 29.0. The molecular formula is C22H28F2N4O2. The number of carbonyl (C=O) groups excluding carboxylic acids is 2. The van der Waals surface area contributed by atoms with Gasteiger partial charge in [-0.2, -0.15) is 0 Å². The van der Waals surface area contributed by atoms with Crippen LogP contribution in [0, 0.1) is 17.6 Å². The van der Waals surface area contributed by atoms with E-state index in [2.05, 4.69) is 5.32 Å². The van der Waals surface area contributed by atoms with E-state index < -0.39 is 17.7 Å². The Hall–Kier alpha value is -2.90. The van der Waals surface area contributed by atoms with Gasteiger partial charge in [0.15, 0.2) is 0 Å². The highest BCUT2D eigenvalue weighted by Gasteiger charge is 2.35. The van der Waals surface area contributed by atoms with Crippen LogP contribution in [0.25, 0.3) is 0 Å². The lowest BCUT2D eigenvalue weighted by Crippen LogP contribution is -2.46. The summed E-state index contributed by atoms with van der Waals surface area (Å²) in [6.07, 6.45) is 3.53. The van der Waals surface area contributed by atoms with Crippen molar-refractivity contribution in [3.63, 3.8) is 0 Å². The van der Waals surface area contributed by atoms with Gasteiger partial charge in [-0.3, -0.25) is 4.79 Å². The molecule has 1 N–H and O–H groups in total. The Morgan fingerprint density at radius 3 is 2.53 bits per heavy atom. The van der Waals surface area contributed by atoms with Crippen molar-refractivity contribution in [1.82, 2.24) is 14.4 Å². The van der Waals surface area contributed by atoms with E-state index in [9.17, 15) is 18.4 Å². The summed E-state index contributed by atoms with van der Waals surface area (Å²) in [4.78, 5) is 29.1. The molecule has 1 aliphatic carbocycles. The van der Waals surface area contributed by atoms with Crippen molar-refractivity contribution in [2.75, 3.05) is 18.4 Å². The molecule has 1 saturated carbocycles. The number of carbonyl (C=O) groups is 2. The monoisotopic (exact) mass is 418 g/mol. The fourth-order valence-corrected chi connectivity index (χ4v) is 3.33. The van der Waals surface area contributed by atoms with Crippen LogP contribution in [0.4, 0.5) is 19.3 Å². The first kappa shape index (κ1) is 21.8. The largest absolute Gasteiger partial charge is 0.353 e. The number of urea groups is 1. The number of amides is 3. The van der Waals surface area contributed by atoms with Crippen molar-refractivity contribution in [2.24, 2.45) is 13.0 Å². The number of benzene rings is 1. The van der Waals surface area contributed by atoms with Crippen molar-refractivity contribution in [3.8, 4) is 0 Å². The molecule has 162 valence electrons. The van der Waals surface area contributed by atoms with Gasteiger partial charge < -0.3 is 19.7 Å². The van der Waals surface area contributed by atoms with Crippen LogP contribution < -0.4 is 5.32 Å². The van der Waals surface area contributed by atoms with Gasteiger partial charge in [0, 0.05) is 37.6 Å². The van der Waals surface area contributed by atoms with Crippen LogP contribution in [0.1, 0.15) is 32.4 Å². The highest BCUT2D eigenvalue weighted by molar-refractivity contribution is 5.93. The number of hydrogen-bond donors (Lipinski definition) is 1. The summed E-state index contributed by atoms with van der Waals surface area (Å²) in [6.45, 7) is 5.00. The van der Waals surface area contributed by atoms with E-state index in [1.807, 2.05) is 43.8 Å². The molecule has 1 aromatic heterocycles. The van der Waals surface area contributed by atoms with Gasteiger partial charge >= 0.3 is 6.03 Å². The van der Waals surface area contributed by atoms with Crippen LogP contribution >= 0.6 is 0 Å². The van der Waals surface area contributed by atoms with E-state index in [0.717, 1.165) is 24.6 Å². The Morgan fingerprint density at radius 2 is 1.97 bits per heavy atom. The third-order valence-electron chi connectivity index (χ3n) is 5.07. The highest BCUT2D eigenvalue weighted by Crippen LogP contribution is 2.28. The van der Waals surface area contributed by atoms with Crippen LogP contribution in [0.5, 0.6) is 0 Å². The van der Waals surface area contributed by atoms with Gasteiger partial charge in [-0.05, 0) is 43.0 Å². The van der Waals surface area contributed by atoms with Gasteiger partial charge in [0.1, 0.15) is 18.2 Å². The maximum atomic E-state index is 13.9. The van der Waals surface area contributed by atoms with Crippen LogP contribution in [-0.2, 0) is 18.4 Å². The average Bonchev–Trinajstić information content (AvgIpc) is 3.43. The number of halogens is 2. The van der Waals surface area contributed by atoms with Gasteiger partial charge in [0.25, 0.3) is 0 Å². The van der Waals surface area contributed by atoms with Crippen molar-refractivity contribution >= 4 is 17.6 Å². The molecule has 0 radical (unpaired) electrons. The number of aromatic nitrogens is 1. The van der Waals surface area contributed by atoms with Gasteiger partial charge in [0.05, 0.1) is 12.2 Å². The molecule has 1 fully saturated rings. The number of anilines is 1.